The molecule has 1 aromatic heterocycles. The minimum atomic E-state index is -4.79. The van der Waals surface area contributed by atoms with Gasteiger partial charge in [-0.1, -0.05) is 28.9 Å². The fraction of sp³-hybridized carbons (Fsp3) is 0.192. The number of aliphatic carboxylic acids is 1. The Kier molecular flexibility index (Phi) is 7.38. The molecule has 0 saturated heterocycles. The summed E-state index contributed by atoms with van der Waals surface area (Å²) in [6, 6.07) is 11.5. The molecule has 2 heterocycles. The van der Waals surface area contributed by atoms with Gasteiger partial charge in [-0.2, -0.15) is 18.2 Å². The molecule has 1 N–H and O–H groups in total. The number of benzene rings is 3. The quantitative estimate of drug-likeness (QED) is 0.251. The number of fused-ring (bicyclic) bond motifs is 1. The average Bonchev–Trinajstić information content (AvgIpc) is 3.42. The van der Waals surface area contributed by atoms with Crippen LogP contribution in [0, 0.1) is 5.82 Å². The van der Waals surface area contributed by atoms with E-state index in [0.29, 0.717) is 6.07 Å². The van der Waals surface area contributed by atoms with Gasteiger partial charge in [0.2, 0.25) is 5.82 Å². The van der Waals surface area contributed by atoms with Crippen molar-refractivity contribution in [3.63, 3.8) is 0 Å². The topological polar surface area (TPSA) is 123 Å². The number of hydrogen-bond donors (Lipinski definition) is 1. The smallest absolute Gasteiger partial charge is 0.416 e. The standard InChI is InChI=1S/C26H18ClF4N3O6S/c27-23-18(5-2-6-19(23)28)25-32-24(33-40-25)14-7-9-21-20(11-14)34(13-16(39-21)8-10-22(35)36)41(37,38)17-4-1-3-15(12-17)26(29,30)31/h1-7,9,11-12,16H,8,10,13H2,(H,35,36)/t16-/m0/s1. The first kappa shape index (κ1) is 28.4. The zero-order valence-corrected chi connectivity index (χ0v) is 22.2. The van der Waals surface area contributed by atoms with Crippen molar-refractivity contribution in [3.8, 4) is 28.6 Å². The van der Waals surface area contributed by atoms with Crippen LogP contribution in [0.25, 0.3) is 22.8 Å². The minimum absolute atomic E-state index is 0.0208. The molecule has 0 bridgehead atoms. The molecule has 0 spiro atoms. The van der Waals surface area contributed by atoms with Crippen LogP contribution in [-0.4, -0.2) is 42.3 Å². The van der Waals surface area contributed by atoms with E-state index in [-0.39, 0.29) is 58.7 Å². The summed E-state index contributed by atoms with van der Waals surface area (Å²) in [5.74, 6) is -1.92. The highest BCUT2D eigenvalue weighted by Crippen LogP contribution is 2.41. The lowest BCUT2D eigenvalue weighted by Crippen LogP contribution is -2.43. The maximum absolute atomic E-state index is 13.9. The molecule has 5 rings (SSSR count). The maximum Gasteiger partial charge on any atom is 0.416 e. The molecule has 4 aromatic rings. The lowest BCUT2D eigenvalue weighted by molar-refractivity contribution is -0.138. The van der Waals surface area contributed by atoms with Gasteiger partial charge in [-0.05, 0) is 55.0 Å². The van der Waals surface area contributed by atoms with E-state index < -0.39 is 44.5 Å². The van der Waals surface area contributed by atoms with Crippen LogP contribution in [0.1, 0.15) is 18.4 Å². The molecule has 214 valence electrons. The summed E-state index contributed by atoms with van der Waals surface area (Å²) in [4.78, 5) is 14.7. The van der Waals surface area contributed by atoms with Crippen LogP contribution in [0.2, 0.25) is 5.02 Å². The molecule has 41 heavy (non-hydrogen) atoms. The molecule has 0 aliphatic carbocycles. The average molecular weight is 612 g/mol. The molecule has 1 aliphatic heterocycles. The van der Waals surface area contributed by atoms with Crippen molar-refractivity contribution in [3.05, 3.63) is 77.1 Å². The molecule has 0 radical (unpaired) electrons. The third-order valence-corrected chi connectivity index (χ3v) is 8.35. The number of anilines is 1. The number of carboxylic acid groups (broad SMARTS) is 1. The van der Waals surface area contributed by atoms with Crippen LogP contribution in [0.15, 0.2) is 70.1 Å². The largest absolute Gasteiger partial charge is 0.486 e. The summed E-state index contributed by atoms with van der Waals surface area (Å²) in [5.41, 5.74) is -0.829. The molecular formula is C26H18ClF4N3O6S. The maximum atomic E-state index is 13.9. The SMILES string of the molecule is O=C(O)CC[C@H]1CN(S(=O)(=O)c2cccc(C(F)(F)F)c2)c2cc(-c3noc(-c4cccc(F)c4Cl)n3)ccc2O1. The number of nitrogens with zero attached hydrogens (tertiary/aromatic N) is 3. The van der Waals surface area contributed by atoms with E-state index in [4.69, 9.17) is 26.0 Å². The summed E-state index contributed by atoms with van der Waals surface area (Å²) < 4.78 is 93.3. The van der Waals surface area contributed by atoms with Gasteiger partial charge in [0.25, 0.3) is 15.9 Å². The van der Waals surface area contributed by atoms with Gasteiger partial charge in [-0.25, -0.2) is 12.8 Å². The zero-order valence-electron chi connectivity index (χ0n) is 20.6. The highest BCUT2D eigenvalue weighted by Gasteiger charge is 2.37. The van der Waals surface area contributed by atoms with Crippen LogP contribution >= 0.6 is 11.6 Å². The number of rotatable bonds is 7. The van der Waals surface area contributed by atoms with Crippen LogP contribution in [0.3, 0.4) is 0 Å². The molecule has 1 atom stereocenters. The summed E-state index contributed by atoms with van der Waals surface area (Å²) >= 11 is 6.00. The van der Waals surface area contributed by atoms with Crippen LogP contribution in [0.5, 0.6) is 5.75 Å². The Labute approximate surface area is 235 Å². The predicted molar refractivity (Wildman–Crippen MR) is 137 cm³/mol. The summed E-state index contributed by atoms with van der Waals surface area (Å²) in [6.45, 7) is -0.376. The second kappa shape index (κ2) is 10.7. The monoisotopic (exact) mass is 611 g/mol. The van der Waals surface area contributed by atoms with E-state index in [0.717, 1.165) is 28.6 Å². The first-order valence-corrected chi connectivity index (χ1v) is 13.7. The summed E-state index contributed by atoms with van der Waals surface area (Å²) in [7, 11) is -4.59. The lowest BCUT2D eigenvalue weighted by Gasteiger charge is -2.35. The molecule has 9 nitrogen and oxygen atoms in total. The number of halogens is 5. The number of aromatic nitrogens is 2. The van der Waals surface area contributed by atoms with Gasteiger partial charge in [-0.3, -0.25) is 9.10 Å². The summed E-state index contributed by atoms with van der Waals surface area (Å²) in [6.07, 6.45) is -6.08. The van der Waals surface area contributed by atoms with Crippen molar-refractivity contribution >= 4 is 33.3 Å². The molecule has 0 fully saturated rings. The number of carbonyl (C=O) groups is 1. The molecule has 3 aromatic carbocycles. The van der Waals surface area contributed by atoms with Crippen molar-refractivity contribution in [1.29, 1.82) is 0 Å². The molecule has 0 saturated carbocycles. The van der Waals surface area contributed by atoms with Crippen molar-refractivity contribution in [1.82, 2.24) is 10.1 Å². The lowest BCUT2D eigenvalue weighted by atomic mass is 10.1. The number of ether oxygens (including phenoxy) is 1. The highest BCUT2D eigenvalue weighted by atomic mass is 35.5. The van der Waals surface area contributed by atoms with Gasteiger partial charge >= 0.3 is 12.1 Å². The summed E-state index contributed by atoms with van der Waals surface area (Å²) in [5, 5.41) is 12.7. The van der Waals surface area contributed by atoms with E-state index in [1.54, 1.807) is 0 Å². The molecular weight excluding hydrogens is 594 g/mol. The first-order chi connectivity index (χ1) is 19.3. The highest BCUT2D eigenvalue weighted by molar-refractivity contribution is 7.92. The Morgan fingerprint density at radius 2 is 1.88 bits per heavy atom. The fourth-order valence-electron chi connectivity index (χ4n) is 4.19. The fourth-order valence-corrected chi connectivity index (χ4v) is 5.94. The second-order valence-electron chi connectivity index (χ2n) is 8.94. The minimum Gasteiger partial charge on any atom is -0.486 e. The van der Waals surface area contributed by atoms with Gasteiger partial charge < -0.3 is 14.4 Å². The zero-order chi connectivity index (χ0) is 29.5. The van der Waals surface area contributed by atoms with E-state index in [1.807, 2.05) is 0 Å². The van der Waals surface area contributed by atoms with Crippen LogP contribution < -0.4 is 9.04 Å². The van der Waals surface area contributed by atoms with E-state index in [2.05, 4.69) is 10.1 Å². The second-order valence-corrected chi connectivity index (χ2v) is 11.2. The number of carboxylic acids is 1. The van der Waals surface area contributed by atoms with Crippen molar-refractivity contribution in [2.75, 3.05) is 10.8 Å². The normalized spacial score (nSPS) is 15.3. The van der Waals surface area contributed by atoms with Gasteiger partial charge in [0.1, 0.15) is 17.7 Å². The predicted octanol–water partition coefficient (Wildman–Crippen LogP) is 6.04. The van der Waals surface area contributed by atoms with Gasteiger partial charge in [0, 0.05) is 12.0 Å². The Balaban J connectivity index is 1.57. The number of alkyl halides is 3. The van der Waals surface area contributed by atoms with Crippen LogP contribution in [-0.2, 0) is 21.0 Å². The van der Waals surface area contributed by atoms with E-state index in [1.165, 1.54) is 30.3 Å². The number of hydrogen-bond acceptors (Lipinski definition) is 7. The van der Waals surface area contributed by atoms with Crippen molar-refractivity contribution in [2.24, 2.45) is 0 Å². The van der Waals surface area contributed by atoms with Crippen molar-refractivity contribution < 1.29 is 45.1 Å². The Morgan fingerprint density at radius 1 is 1.12 bits per heavy atom. The van der Waals surface area contributed by atoms with Gasteiger partial charge in [-0.15, -0.1) is 0 Å². The first-order valence-electron chi connectivity index (χ1n) is 11.9. The third kappa shape index (κ3) is 5.70. The van der Waals surface area contributed by atoms with Gasteiger partial charge in [0.15, 0.2) is 0 Å². The molecule has 1 aliphatic rings. The van der Waals surface area contributed by atoms with Crippen LogP contribution in [0.4, 0.5) is 23.2 Å². The molecule has 0 amide bonds. The van der Waals surface area contributed by atoms with E-state index >= 15 is 0 Å². The molecule has 15 heteroatoms. The Hall–Kier alpha value is -4.17. The molecule has 0 unspecified atom stereocenters. The number of sulfonamides is 1. The Morgan fingerprint density at radius 3 is 2.61 bits per heavy atom. The Bertz CT molecular complexity index is 1750. The van der Waals surface area contributed by atoms with E-state index in [9.17, 15) is 30.8 Å². The van der Waals surface area contributed by atoms with Gasteiger partial charge in [0.05, 0.1) is 33.3 Å². The van der Waals surface area contributed by atoms with Crippen molar-refractivity contribution in [2.45, 2.75) is 30.0 Å². The third-order valence-electron chi connectivity index (χ3n) is 6.19.